The Morgan fingerprint density at radius 1 is 0.592 bits per heavy atom. The van der Waals surface area contributed by atoms with Gasteiger partial charge in [-0.15, -0.1) is 5.10 Å². The second-order valence-electron chi connectivity index (χ2n) is 17.0. The molecule has 1 N–H and O–H groups in total. The number of tetrazole rings is 1. The largest absolute Gasteiger partial charge is 0.268 e. The molecule has 0 aliphatic rings. The van der Waals surface area contributed by atoms with E-state index in [1.807, 2.05) is 86.6 Å². The Kier molecular flexibility index (Phi) is 16.1. The Morgan fingerprint density at radius 3 is 1.49 bits per heavy atom. The average molecular weight is 981 g/mol. The number of H-pyrrole nitrogens is 1. The Labute approximate surface area is 421 Å². The number of rotatable bonds is 15. The molecule has 0 amide bonds. The number of nitrogens with one attached hydrogen (secondary N) is 1. The monoisotopic (exact) mass is 979 g/mol. The van der Waals surface area contributed by atoms with Gasteiger partial charge in [0.05, 0.1) is 33.1 Å². The fourth-order valence-electron chi connectivity index (χ4n) is 8.49. The molecule has 0 spiro atoms. The molecule has 0 saturated heterocycles. The van der Waals surface area contributed by atoms with Crippen LogP contribution in [0.1, 0.15) is 90.4 Å². The molecule has 5 aromatic heterocycles. The van der Waals surface area contributed by atoms with Crippen LogP contribution >= 0.6 is 23.2 Å². The summed E-state index contributed by atoms with van der Waals surface area (Å²) in [6.45, 7) is 7.94. The Bertz CT molecular complexity index is 3420. The van der Waals surface area contributed by atoms with Crippen LogP contribution in [0.15, 0.2) is 143 Å². The molecule has 71 heavy (non-hydrogen) atoms. The lowest BCUT2D eigenvalue weighted by Crippen LogP contribution is -2.29. The SMILES string of the molecule is CCCCc1nc(C)n(-c2ccc(Cl)cn2)c(=O)c1Cc1ccc(-c2ccccc2-c2nnn[nH]2)cc1.CCCCc1nc(C)n(-c2ccc(Cl)cn2)c(=O)c1Cc1ccc(-c2ccccc2C#N)cc1. The molecule has 0 radical (unpaired) electrons. The van der Waals surface area contributed by atoms with E-state index in [-0.39, 0.29) is 11.1 Å². The molecule has 5 heterocycles. The number of aryl methyl sites for hydroxylation is 4. The summed E-state index contributed by atoms with van der Waals surface area (Å²) in [7, 11) is 0. The summed E-state index contributed by atoms with van der Waals surface area (Å²) in [6.07, 6.45) is 9.51. The van der Waals surface area contributed by atoms with Crippen molar-refractivity contribution in [1.82, 2.24) is 49.7 Å². The van der Waals surface area contributed by atoms with Gasteiger partial charge in [-0.3, -0.25) is 9.59 Å². The molecule has 15 heteroatoms. The first-order chi connectivity index (χ1) is 34.6. The molecule has 0 aliphatic carbocycles. The average Bonchev–Trinajstić information content (AvgIpc) is 3.94. The van der Waals surface area contributed by atoms with E-state index in [9.17, 15) is 14.9 Å². The highest BCUT2D eigenvalue weighted by Gasteiger charge is 2.20. The number of pyridine rings is 2. The van der Waals surface area contributed by atoms with Crippen LogP contribution in [0, 0.1) is 25.2 Å². The molecule has 9 rings (SSSR count). The van der Waals surface area contributed by atoms with Gasteiger partial charge in [0.25, 0.3) is 11.1 Å². The highest BCUT2D eigenvalue weighted by atomic mass is 35.5. The second-order valence-corrected chi connectivity index (χ2v) is 17.9. The number of aromatic amines is 1. The van der Waals surface area contributed by atoms with Crippen LogP contribution in [0.2, 0.25) is 10.0 Å². The number of hydrogen-bond acceptors (Lipinski definition) is 10. The molecular formula is C56H51Cl2N11O2. The minimum atomic E-state index is -0.104. The van der Waals surface area contributed by atoms with Crippen molar-refractivity contribution in [2.45, 2.75) is 79.1 Å². The van der Waals surface area contributed by atoms with E-state index >= 15 is 0 Å². The standard InChI is InChI=1S/C28H26ClN7O.C28H25ClN4O/c1-3-4-9-25-24(28(37)36(18(2)31-25)26-15-14-21(29)17-30-26)16-19-10-12-20(13-11-19)22-7-5-6-8-23(22)27-32-34-35-33-27;1-3-4-9-26-25(28(34)33(19(2)32-26)27-15-14-23(29)18-31-27)16-20-10-12-21(13-11-20)24-8-6-5-7-22(24)17-30/h5-8,10-15,17H,3-4,9,16H2,1-2H3,(H,32,33,34,35);5-8,10-15,18H,3-4,9,16H2,1-2H3. The predicted molar refractivity (Wildman–Crippen MR) is 279 cm³/mol. The predicted octanol–water partition coefficient (Wildman–Crippen LogP) is 11.4. The molecule has 4 aromatic carbocycles. The summed E-state index contributed by atoms with van der Waals surface area (Å²) in [5, 5.41) is 24.7. The Balaban J connectivity index is 0.000000191. The topological polar surface area (TPSA) is 174 Å². The van der Waals surface area contributed by atoms with Crippen molar-refractivity contribution >= 4 is 23.2 Å². The van der Waals surface area contributed by atoms with Gasteiger partial charge in [0, 0.05) is 41.9 Å². The maximum atomic E-state index is 13.8. The molecule has 0 atom stereocenters. The summed E-state index contributed by atoms with van der Waals surface area (Å²) in [4.78, 5) is 45.7. The van der Waals surface area contributed by atoms with Gasteiger partial charge < -0.3 is 0 Å². The van der Waals surface area contributed by atoms with Gasteiger partial charge in [-0.2, -0.15) is 5.26 Å². The van der Waals surface area contributed by atoms with Crippen LogP contribution in [0.4, 0.5) is 0 Å². The smallest absolute Gasteiger partial charge is 0.263 e. The van der Waals surface area contributed by atoms with Crippen LogP contribution in [-0.2, 0) is 25.7 Å². The fourth-order valence-corrected chi connectivity index (χ4v) is 8.72. The minimum absolute atomic E-state index is 0.0966. The Hall–Kier alpha value is -7.92. The van der Waals surface area contributed by atoms with Gasteiger partial charge in [0.1, 0.15) is 23.3 Å². The van der Waals surface area contributed by atoms with E-state index in [1.54, 1.807) is 39.6 Å². The van der Waals surface area contributed by atoms with Crippen LogP contribution in [0.5, 0.6) is 0 Å². The van der Waals surface area contributed by atoms with E-state index in [0.29, 0.717) is 68.7 Å². The summed E-state index contributed by atoms with van der Waals surface area (Å²) >= 11 is 12.0. The molecule has 0 bridgehead atoms. The van der Waals surface area contributed by atoms with Crippen LogP contribution < -0.4 is 11.1 Å². The number of unbranched alkanes of at least 4 members (excludes halogenated alkanes) is 2. The highest BCUT2D eigenvalue weighted by molar-refractivity contribution is 6.30. The number of nitrogens with zero attached hydrogens (tertiary/aromatic N) is 10. The fraction of sp³-hybridized carbons (Fsp3) is 0.214. The summed E-state index contributed by atoms with van der Waals surface area (Å²) in [5.41, 5.74) is 10.4. The maximum absolute atomic E-state index is 13.8. The lowest BCUT2D eigenvalue weighted by atomic mass is 9.96. The number of hydrogen-bond donors (Lipinski definition) is 1. The van der Waals surface area contributed by atoms with E-state index in [0.717, 1.165) is 88.9 Å². The van der Waals surface area contributed by atoms with Crippen LogP contribution in [0.25, 0.3) is 45.3 Å². The third-order valence-electron chi connectivity index (χ3n) is 12.1. The minimum Gasteiger partial charge on any atom is -0.268 e. The van der Waals surface area contributed by atoms with Gasteiger partial charge in [-0.1, -0.05) is 141 Å². The second kappa shape index (κ2) is 23.1. The van der Waals surface area contributed by atoms with E-state index < -0.39 is 0 Å². The van der Waals surface area contributed by atoms with Crippen LogP contribution in [0.3, 0.4) is 0 Å². The van der Waals surface area contributed by atoms with E-state index in [4.69, 9.17) is 33.2 Å². The van der Waals surface area contributed by atoms with E-state index in [2.05, 4.69) is 74.8 Å². The molecule has 0 unspecified atom stereocenters. The van der Waals surface area contributed by atoms with Gasteiger partial charge in [-0.25, -0.2) is 34.2 Å². The van der Waals surface area contributed by atoms with Gasteiger partial charge >= 0.3 is 0 Å². The zero-order chi connectivity index (χ0) is 49.9. The van der Waals surface area contributed by atoms with Crippen LogP contribution in [-0.4, -0.2) is 49.7 Å². The molecule has 13 nitrogen and oxygen atoms in total. The van der Waals surface area contributed by atoms with Crippen molar-refractivity contribution < 1.29 is 0 Å². The van der Waals surface area contributed by atoms with Crippen molar-refractivity contribution in [1.29, 1.82) is 5.26 Å². The van der Waals surface area contributed by atoms with Crippen molar-refractivity contribution in [3.63, 3.8) is 0 Å². The lowest BCUT2D eigenvalue weighted by Gasteiger charge is -2.15. The van der Waals surface area contributed by atoms with Gasteiger partial charge in [0.15, 0.2) is 5.82 Å². The van der Waals surface area contributed by atoms with Crippen molar-refractivity contribution in [3.05, 3.63) is 215 Å². The molecule has 356 valence electrons. The molecule has 9 aromatic rings. The summed E-state index contributed by atoms with van der Waals surface area (Å²) in [6, 6.07) is 40.9. The quantitative estimate of drug-likeness (QED) is 0.104. The normalized spacial score (nSPS) is 10.9. The lowest BCUT2D eigenvalue weighted by molar-refractivity contribution is 0.729. The number of halogens is 2. The highest BCUT2D eigenvalue weighted by Crippen LogP contribution is 2.30. The molecule has 0 saturated carbocycles. The van der Waals surface area contributed by atoms with Gasteiger partial charge in [0.2, 0.25) is 0 Å². The van der Waals surface area contributed by atoms with Crippen molar-refractivity contribution in [2.75, 3.05) is 0 Å². The first kappa shape index (κ1) is 49.5. The number of nitriles is 1. The first-order valence-corrected chi connectivity index (χ1v) is 24.3. The van der Waals surface area contributed by atoms with E-state index in [1.165, 1.54) is 6.20 Å². The molecular weight excluding hydrogens is 930 g/mol. The maximum Gasteiger partial charge on any atom is 0.263 e. The zero-order valence-electron chi connectivity index (χ0n) is 39.9. The zero-order valence-corrected chi connectivity index (χ0v) is 41.4. The summed E-state index contributed by atoms with van der Waals surface area (Å²) in [5.74, 6) is 2.85. The number of aromatic nitrogens is 10. The van der Waals surface area contributed by atoms with Gasteiger partial charge in [-0.05, 0) is 114 Å². The number of benzene rings is 4. The summed E-state index contributed by atoms with van der Waals surface area (Å²) < 4.78 is 3.12. The third-order valence-corrected chi connectivity index (χ3v) is 12.6. The molecule has 0 aliphatic heterocycles. The van der Waals surface area contributed by atoms with Crippen molar-refractivity contribution in [2.24, 2.45) is 0 Å². The third kappa shape index (κ3) is 11.6. The first-order valence-electron chi connectivity index (χ1n) is 23.5. The molecule has 0 fully saturated rings. The Morgan fingerprint density at radius 2 is 1.06 bits per heavy atom. The van der Waals surface area contributed by atoms with Crippen molar-refractivity contribution in [3.8, 4) is 51.3 Å².